The van der Waals surface area contributed by atoms with Crippen molar-refractivity contribution in [1.29, 1.82) is 0 Å². The van der Waals surface area contributed by atoms with E-state index in [4.69, 9.17) is 9.26 Å². The van der Waals surface area contributed by atoms with Crippen molar-refractivity contribution in [3.05, 3.63) is 66.1 Å². The van der Waals surface area contributed by atoms with Gasteiger partial charge in [-0.3, -0.25) is 4.79 Å². The van der Waals surface area contributed by atoms with E-state index in [1.807, 2.05) is 30.3 Å². The maximum absolute atomic E-state index is 12.5. The Bertz CT molecular complexity index is 998. The van der Waals surface area contributed by atoms with Crippen molar-refractivity contribution in [3.63, 3.8) is 0 Å². The minimum absolute atomic E-state index is 0.116. The van der Waals surface area contributed by atoms with Crippen LogP contribution in [0.2, 0.25) is 0 Å². The fourth-order valence-electron chi connectivity index (χ4n) is 3.24. The number of carbonyl (C=O) groups excluding carboxylic acids is 2. The van der Waals surface area contributed by atoms with Crippen molar-refractivity contribution in [2.75, 3.05) is 11.4 Å². The summed E-state index contributed by atoms with van der Waals surface area (Å²) in [5, 5.41) is 3.94. The largest absolute Gasteiger partial charge is 0.449 e. The van der Waals surface area contributed by atoms with Crippen LogP contribution in [0.3, 0.4) is 0 Å². The fourth-order valence-corrected chi connectivity index (χ4v) is 3.24. The van der Waals surface area contributed by atoms with Gasteiger partial charge < -0.3 is 14.2 Å². The Kier molecular flexibility index (Phi) is 5.37. The third-order valence-electron chi connectivity index (χ3n) is 4.84. The first-order chi connectivity index (χ1) is 14.1. The average molecular weight is 391 g/mol. The maximum atomic E-state index is 12.5. The van der Waals surface area contributed by atoms with Crippen molar-refractivity contribution in [3.8, 4) is 11.4 Å². The number of piperidine rings is 1. The summed E-state index contributed by atoms with van der Waals surface area (Å²) in [4.78, 5) is 30.6. The number of esters is 1. The summed E-state index contributed by atoms with van der Waals surface area (Å²) in [7, 11) is 0. The average Bonchev–Trinajstić information content (AvgIpc) is 3.25. The summed E-state index contributed by atoms with van der Waals surface area (Å²) in [5.41, 5.74) is 2.01. The van der Waals surface area contributed by atoms with Crippen LogP contribution in [0.5, 0.6) is 0 Å². The molecule has 0 unspecified atom stereocenters. The second-order valence-electron chi connectivity index (χ2n) is 6.92. The molecule has 1 aromatic heterocycles. The van der Waals surface area contributed by atoms with E-state index >= 15 is 0 Å². The predicted octanol–water partition coefficient (Wildman–Crippen LogP) is 4.17. The van der Waals surface area contributed by atoms with E-state index in [-0.39, 0.29) is 11.8 Å². The molecule has 2 aromatic carbocycles. The number of aromatic nitrogens is 2. The number of amides is 1. The zero-order valence-corrected chi connectivity index (χ0v) is 16.1. The molecule has 2 heterocycles. The number of carbonyl (C=O) groups is 2. The van der Waals surface area contributed by atoms with Gasteiger partial charge >= 0.3 is 5.97 Å². The number of anilines is 1. The van der Waals surface area contributed by atoms with Gasteiger partial charge in [0.2, 0.25) is 11.7 Å². The Hall–Kier alpha value is -3.48. The molecule has 0 saturated carbocycles. The van der Waals surface area contributed by atoms with Gasteiger partial charge in [0.15, 0.2) is 6.10 Å². The third kappa shape index (κ3) is 4.18. The summed E-state index contributed by atoms with van der Waals surface area (Å²) in [6.07, 6.45) is 1.80. The highest BCUT2D eigenvalue weighted by atomic mass is 16.6. The number of hydrogen-bond donors (Lipinski definition) is 0. The molecule has 0 aliphatic carbocycles. The number of nitrogens with zero attached hydrogens (tertiary/aromatic N) is 3. The van der Waals surface area contributed by atoms with E-state index in [1.165, 1.54) is 0 Å². The lowest BCUT2D eigenvalue weighted by Gasteiger charge is -2.26. The maximum Gasteiger partial charge on any atom is 0.338 e. The van der Waals surface area contributed by atoms with Gasteiger partial charge in [-0.2, -0.15) is 4.98 Å². The van der Waals surface area contributed by atoms with Crippen molar-refractivity contribution in [2.45, 2.75) is 32.3 Å². The van der Waals surface area contributed by atoms with E-state index in [1.54, 1.807) is 36.1 Å². The van der Waals surface area contributed by atoms with Crippen molar-refractivity contribution in [2.24, 2.45) is 0 Å². The van der Waals surface area contributed by atoms with Crippen molar-refractivity contribution >= 4 is 17.6 Å². The quantitative estimate of drug-likeness (QED) is 0.607. The number of ether oxygens (including phenoxy) is 1. The second-order valence-corrected chi connectivity index (χ2v) is 6.92. The number of benzene rings is 2. The van der Waals surface area contributed by atoms with Crippen LogP contribution in [0, 0.1) is 0 Å². The van der Waals surface area contributed by atoms with Crippen LogP contribution in [0.4, 0.5) is 5.69 Å². The Morgan fingerprint density at radius 1 is 1.10 bits per heavy atom. The zero-order chi connectivity index (χ0) is 20.2. The lowest BCUT2D eigenvalue weighted by molar-refractivity contribution is -0.119. The summed E-state index contributed by atoms with van der Waals surface area (Å²) in [5.74, 6) is 0.297. The van der Waals surface area contributed by atoms with Gasteiger partial charge in [0.1, 0.15) is 0 Å². The van der Waals surface area contributed by atoms with Crippen LogP contribution in [-0.2, 0) is 9.53 Å². The first-order valence-corrected chi connectivity index (χ1v) is 9.62. The van der Waals surface area contributed by atoms with E-state index in [0.717, 1.165) is 24.1 Å². The molecule has 4 rings (SSSR count). The smallest absolute Gasteiger partial charge is 0.338 e. The van der Waals surface area contributed by atoms with Crippen LogP contribution < -0.4 is 4.90 Å². The van der Waals surface area contributed by atoms with Crippen LogP contribution in [0.15, 0.2) is 59.1 Å². The van der Waals surface area contributed by atoms with Crippen LogP contribution in [0.1, 0.15) is 48.5 Å². The van der Waals surface area contributed by atoms with Gasteiger partial charge in [0, 0.05) is 24.2 Å². The minimum atomic E-state index is -0.684. The van der Waals surface area contributed by atoms with Gasteiger partial charge in [-0.1, -0.05) is 35.5 Å². The Morgan fingerprint density at radius 2 is 1.86 bits per heavy atom. The molecule has 1 saturated heterocycles. The summed E-state index contributed by atoms with van der Waals surface area (Å²) >= 11 is 0. The van der Waals surface area contributed by atoms with E-state index in [9.17, 15) is 9.59 Å². The standard InChI is InChI=1S/C22H21N3O4/c1-15(21-23-20(24-29-21)16-7-3-2-4-8-16)28-22(27)17-10-12-18(13-11-17)25-14-6-5-9-19(25)26/h2-4,7-8,10-13,15H,5-6,9,14H2,1H3/t15-/m1/s1. The molecule has 29 heavy (non-hydrogen) atoms. The van der Waals surface area contributed by atoms with Crippen LogP contribution in [0.25, 0.3) is 11.4 Å². The molecule has 1 atom stereocenters. The SMILES string of the molecule is C[C@@H](OC(=O)c1ccc(N2CCCCC2=O)cc1)c1nc(-c2ccccc2)no1. The van der Waals surface area contributed by atoms with E-state index < -0.39 is 12.1 Å². The lowest BCUT2D eigenvalue weighted by Crippen LogP contribution is -2.35. The highest BCUT2D eigenvalue weighted by molar-refractivity contribution is 5.95. The highest BCUT2D eigenvalue weighted by Crippen LogP contribution is 2.24. The first-order valence-electron chi connectivity index (χ1n) is 9.62. The number of rotatable bonds is 5. The topological polar surface area (TPSA) is 85.5 Å². The van der Waals surface area contributed by atoms with E-state index in [0.29, 0.717) is 24.4 Å². The third-order valence-corrected chi connectivity index (χ3v) is 4.84. The molecule has 1 aliphatic heterocycles. The molecule has 7 heteroatoms. The molecule has 0 N–H and O–H groups in total. The van der Waals surface area contributed by atoms with Crippen LogP contribution >= 0.6 is 0 Å². The molecule has 7 nitrogen and oxygen atoms in total. The monoisotopic (exact) mass is 391 g/mol. The Balaban J connectivity index is 1.41. The molecule has 0 bridgehead atoms. The van der Waals surface area contributed by atoms with Gasteiger partial charge in [0.05, 0.1) is 5.56 Å². The van der Waals surface area contributed by atoms with Crippen molar-refractivity contribution in [1.82, 2.24) is 10.1 Å². The van der Waals surface area contributed by atoms with Gasteiger partial charge in [0.25, 0.3) is 5.89 Å². The lowest BCUT2D eigenvalue weighted by atomic mass is 10.1. The van der Waals surface area contributed by atoms with Gasteiger partial charge in [-0.05, 0) is 44.0 Å². The van der Waals surface area contributed by atoms with Gasteiger partial charge in [-0.15, -0.1) is 0 Å². The molecule has 0 radical (unpaired) electrons. The highest BCUT2D eigenvalue weighted by Gasteiger charge is 2.22. The van der Waals surface area contributed by atoms with Crippen LogP contribution in [-0.4, -0.2) is 28.6 Å². The molecular weight excluding hydrogens is 370 g/mol. The molecule has 3 aromatic rings. The van der Waals surface area contributed by atoms with Crippen molar-refractivity contribution < 1.29 is 18.8 Å². The summed E-state index contributed by atoms with van der Waals surface area (Å²) in [6.45, 7) is 2.39. The predicted molar refractivity (Wildman–Crippen MR) is 106 cm³/mol. The molecule has 1 amide bonds. The molecular formula is C22H21N3O4. The molecule has 0 spiro atoms. The molecule has 1 aliphatic rings. The fraction of sp³-hybridized carbons (Fsp3) is 0.273. The second kappa shape index (κ2) is 8.26. The number of hydrogen-bond acceptors (Lipinski definition) is 6. The zero-order valence-electron chi connectivity index (χ0n) is 16.1. The Labute approximate surface area is 168 Å². The molecule has 1 fully saturated rings. The summed E-state index contributed by atoms with van der Waals surface area (Å²) in [6, 6.07) is 16.3. The Morgan fingerprint density at radius 3 is 2.59 bits per heavy atom. The first kappa shape index (κ1) is 18.9. The normalized spacial score (nSPS) is 15.2. The minimum Gasteiger partial charge on any atom is -0.449 e. The van der Waals surface area contributed by atoms with E-state index in [2.05, 4.69) is 10.1 Å². The molecule has 148 valence electrons. The van der Waals surface area contributed by atoms with Gasteiger partial charge in [-0.25, -0.2) is 4.79 Å². The summed E-state index contributed by atoms with van der Waals surface area (Å²) < 4.78 is 10.7.